The van der Waals surface area contributed by atoms with Crippen LogP contribution in [-0.4, -0.2) is 7.11 Å². The molecule has 0 saturated carbocycles. The van der Waals surface area contributed by atoms with Gasteiger partial charge in [-0.25, -0.2) is 0 Å². The van der Waals surface area contributed by atoms with E-state index in [1.165, 1.54) is 11.1 Å². The maximum absolute atomic E-state index is 6.48. The molecule has 1 unspecified atom stereocenters. The molecule has 0 amide bonds. The number of ether oxygens (including phenoxy) is 1. The third-order valence-corrected chi connectivity index (χ3v) is 4.77. The average molecular weight is 332 g/mol. The van der Waals surface area contributed by atoms with Gasteiger partial charge in [-0.1, -0.05) is 30.3 Å². The Hall–Kier alpha value is -1.32. The Morgan fingerprint density at radius 2 is 1.80 bits per heavy atom. The van der Waals surface area contributed by atoms with E-state index < -0.39 is 0 Å². The fourth-order valence-electron chi connectivity index (χ4n) is 3.01. The standard InChI is InChI=1S/C17H18BrNO/c1-20-16-7-6-13(10-15(16)18)17(19)14-8-11-4-2-3-5-12(11)9-14/h2-7,10,14,17H,8-9,19H2,1H3. The number of rotatable bonds is 3. The second-order valence-electron chi connectivity index (χ2n) is 5.36. The Morgan fingerprint density at radius 3 is 2.35 bits per heavy atom. The van der Waals surface area contributed by atoms with Gasteiger partial charge in [0.2, 0.25) is 0 Å². The first-order valence-corrected chi connectivity index (χ1v) is 7.64. The normalized spacial score (nSPS) is 15.9. The molecular weight excluding hydrogens is 314 g/mol. The molecule has 0 bridgehead atoms. The molecule has 0 heterocycles. The zero-order valence-electron chi connectivity index (χ0n) is 11.5. The van der Waals surface area contributed by atoms with Crippen LogP contribution in [0.5, 0.6) is 5.75 Å². The van der Waals surface area contributed by atoms with Crippen molar-refractivity contribution in [3.8, 4) is 5.75 Å². The van der Waals surface area contributed by atoms with Gasteiger partial charge in [-0.15, -0.1) is 0 Å². The lowest BCUT2D eigenvalue weighted by atomic mass is 9.91. The number of benzene rings is 2. The largest absolute Gasteiger partial charge is 0.496 e. The quantitative estimate of drug-likeness (QED) is 0.926. The smallest absolute Gasteiger partial charge is 0.133 e. The molecule has 1 aliphatic carbocycles. The van der Waals surface area contributed by atoms with Crippen molar-refractivity contribution in [2.75, 3.05) is 7.11 Å². The minimum Gasteiger partial charge on any atom is -0.496 e. The molecule has 2 aromatic carbocycles. The Bertz CT molecular complexity index is 601. The summed E-state index contributed by atoms with van der Waals surface area (Å²) in [5.41, 5.74) is 10.5. The van der Waals surface area contributed by atoms with Crippen molar-refractivity contribution >= 4 is 15.9 Å². The summed E-state index contributed by atoms with van der Waals surface area (Å²) in [6, 6.07) is 14.8. The van der Waals surface area contributed by atoms with Gasteiger partial charge in [0.25, 0.3) is 0 Å². The van der Waals surface area contributed by atoms with Crippen LogP contribution in [0.25, 0.3) is 0 Å². The average Bonchev–Trinajstić information content (AvgIpc) is 2.90. The van der Waals surface area contributed by atoms with E-state index in [0.717, 1.165) is 28.6 Å². The summed E-state index contributed by atoms with van der Waals surface area (Å²) >= 11 is 3.53. The fourth-order valence-corrected chi connectivity index (χ4v) is 3.57. The summed E-state index contributed by atoms with van der Waals surface area (Å²) < 4.78 is 6.23. The molecule has 0 fully saturated rings. The van der Waals surface area contributed by atoms with Gasteiger partial charge in [-0.05, 0) is 63.5 Å². The van der Waals surface area contributed by atoms with Crippen molar-refractivity contribution in [2.24, 2.45) is 11.7 Å². The van der Waals surface area contributed by atoms with Crippen LogP contribution in [0.3, 0.4) is 0 Å². The molecule has 1 aliphatic rings. The van der Waals surface area contributed by atoms with Gasteiger partial charge in [-0.2, -0.15) is 0 Å². The van der Waals surface area contributed by atoms with Gasteiger partial charge in [0.05, 0.1) is 11.6 Å². The van der Waals surface area contributed by atoms with E-state index in [1.807, 2.05) is 6.07 Å². The Labute approximate surface area is 128 Å². The number of halogens is 1. The lowest BCUT2D eigenvalue weighted by Crippen LogP contribution is -2.21. The number of hydrogen-bond donors (Lipinski definition) is 1. The van der Waals surface area contributed by atoms with Crippen LogP contribution in [0.1, 0.15) is 22.7 Å². The fraction of sp³-hybridized carbons (Fsp3) is 0.294. The molecule has 1 atom stereocenters. The van der Waals surface area contributed by atoms with Gasteiger partial charge in [-0.3, -0.25) is 0 Å². The van der Waals surface area contributed by atoms with Crippen molar-refractivity contribution in [3.05, 3.63) is 63.6 Å². The van der Waals surface area contributed by atoms with E-state index in [1.54, 1.807) is 7.11 Å². The van der Waals surface area contributed by atoms with Crippen LogP contribution in [0.4, 0.5) is 0 Å². The minimum atomic E-state index is 0.0598. The molecule has 20 heavy (non-hydrogen) atoms. The van der Waals surface area contributed by atoms with E-state index in [-0.39, 0.29) is 6.04 Å². The molecule has 0 spiro atoms. The Balaban J connectivity index is 1.81. The number of nitrogens with two attached hydrogens (primary N) is 1. The van der Waals surface area contributed by atoms with Crippen molar-refractivity contribution < 1.29 is 4.74 Å². The molecule has 104 valence electrons. The predicted octanol–water partition coefficient (Wildman–Crippen LogP) is 3.87. The van der Waals surface area contributed by atoms with Crippen LogP contribution in [0, 0.1) is 5.92 Å². The molecule has 3 rings (SSSR count). The zero-order valence-corrected chi connectivity index (χ0v) is 13.1. The molecule has 0 radical (unpaired) electrons. The summed E-state index contributed by atoms with van der Waals surface area (Å²) in [5.74, 6) is 1.32. The van der Waals surface area contributed by atoms with Crippen molar-refractivity contribution in [3.63, 3.8) is 0 Å². The molecule has 0 aromatic heterocycles. The van der Waals surface area contributed by atoms with Gasteiger partial charge in [0.15, 0.2) is 0 Å². The molecular formula is C17H18BrNO. The van der Waals surface area contributed by atoms with E-state index in [0.29, 0.717) is 5.92 Å². The lowest BCUT2D eigenvalue weighted by molar-refractivity contribution is 0.410. The molecule has 2 nitrogen and oxygen atoms in total. The molecule has 0 aliphatic heterocycles. The minimum absolute atomic E-state index is 0.0598. The van der Waals surface area contributed by atoms with Gasteiger partial charge < -0.3 is 10.5 Å². The Morgan fingerprint density at radius 1 is 1.15 bits per heavy atom. The van der Waals surface area contributed by atoms with E-state index >= 15 is 0 Å². The van der Waals surface area contributed by atoms with Crippen molar-refractivity contribution in [1.82, 2.24) is 0 Å². The summed E-state index contributed by atoms with van der Waals surface area (Å²) in [6.45, 7) is 0. The molecule has 0 saturated heterocycles. The van der Waals surface area contributed by atoms with Crippen LogP contribution < -0.4 is 10.5 Å². The number of methoxy groups -OCH3 is 1. The molecule has 2 aromatic rings. The van der Waals surface area contributed by atoms with E-state index in [9.17, 15) is 0 Å². The maximum Gasteiger partial charge on any atom is 0.133 e. The van der Waals surface area contributed by atoms with Crippen LogP contribution >= 0.6 is 15.9 Å². The van der Waals surface area contributed by atoms with Crippen LogP contribution in [0.2, 0.25) is 0 Å². The van der Waals surface area contributed by atoms with Gasteiger partial charge >= 0.3 is 0 Å². The topological polar surface area (TPSA) is 35.2 Å². The highest BCUT2D eigenvalue weighted by atomic mass is 79.9. The number of fused-ring (bicyclic) bond motifs is 1. The summed E-state index contributed by atoms with van der Waals surface area (Å²) in [4.78, 5) is 0. The monoisotopic (exact) mass is 331 g/mol. The summed E-state index contributed by atoms with van der Waals surface area (Å²) in [7, 11) is 1.67. The van der Waals surface area contributed by atoms with E-state index in [2.05, 4.69) is 52.3 Å². The SMILES string of the molecule is COc1ccc(C(N)C2Cc3ccccc3C2)cc1Br. The van der Waals surface area contributed by atoms with Gasteiger partial charge in [0, 0.05) is 6.04 Å². The molecule has 2 N–H and O–H groups in total. The first-order chi connectivity index (χ1) is 9.69. The highest BCUT2D eigenvalue weighted by Crippen LogP contribution is 2.36. The summed E-state index contributed by atoms with van der Waals surface area (Å²) in [6.07, 6.45) is 2.14. The third-order valence-electron chi connectivity index (χ3n) is 4.15. The lowest BCUT2D eigenvalue weighted by Gasteiger charge is -2.20. The van der Waals surface area contributed by atoms with Crippen molar-refractivity contribution in [1.29, 1.82) is 0 Å². The van der Waals surface area contributed by atoms with Gasteiger partial charge in [0.1, 0.15) is 5.75 Å². The zero-order chi connectivity index (χ0) is 14.1. The second-order valence-corrected chi connectivity index (χ2v) is 6.21. The van der Waals surface area contributed by atoms with Crippen LogP contribution in [-0.2, 0) is 12.8 Å². The van der Waals surface area contributed by atoms with Crippen LogP contribution in [0.15, 0.2) is 46.9 Å². The number of hydrogen-bond acceptors (Lipinski definition) is 2. The third kappa shape index (κ3) is 2.48. The highest BCUT2D eigenvalue weighted by molar-refractivity contribution is 9.10. The first-order valence-electron chi connectivity index (χ1n) is 6.85. The summed E-state index contributed by atoms with van der Waals surface area (Å²) in [5, 5.41) is 0. The predicted molar refractivity (Wildman–Crippen MR) is 85.0 cm³/mol. The highest BCUT2D eigenvalue weighted by Gasteiger charge is 2.27. The first kappa shape index (κ1) is 13.7. The Kier molecular flexibility index (Phi) is 3.81. The van der Waals surface area contributed by atoms with Crippen molar-refractivity contribution in [2.45, 2.75) is 18.9 Å². The van der Waals surface area contributed by atoms with E-state index in [4.69, 9.17) is 10.5 Å². The molecule has 3 heteroatoms. The second kappa shape index (κ2) is 5.58. The maximum atomic E-state index is 6.48.